The van der Waals surface area contributed by atoms with Crippen LogP contribution < -0.4 is 0 Å². The van der Waals surface area contributed by atoms with E-state index in [2.05, 4.69) is 9.78 Å². The normalized spacial score (nSPS) is 12.9. The van der Waals surface area contributed by atoms with Crippen LogP contribution >= 0.6 is 31.0 Å². The first kappa shape index (κ1) is 16.2. The number of halogens is 2. The molecule has 0 bridgehead atoms. The fourth-order valence-corrected chi connectivity index (χ4v) is 1.92. The van der Waals surface area contributed by atoms with Gasteiger partial charge in [0, 0.05) is 0 Å². The van der Waals surface area contributed by atoms with Crippen LogP contribution in [0.4, 0.5) is 0 Å². The van der Waals surface area contributed by atoms with Gasteiger partial charge in [0.1, 0.15) is 0 Å². The van der Waals surface area contributed by atoms with Gasteiger partial charge in [-0.05, 0) is 12.8 Å². The van der Waals surface area contributed by atoms with Gasteiger partial charge in [-0.15, -0.1) is 11.6 Å². The van der Waals surface area contributed by atoms with Crippen LogP contribution in [0.3, 0.4) is 0 Å². The van der Waals surface area contributed by atoms with Crippen LogP contribution in [-0.4, -0.2) is 24.3 Å². The third-order valence-corrected chi connectivity index (χ3v) is 3.13. The summed E-state index contributed by atoms with van der Waals surface area (Å²) >= 11 is 10.9. The number of nitrogens with zero attached hydrogens (tertiary/aromatic N) is 1. The largest absolute Gasteiger partial charge is 0.550 e. The molecule has 0 aromatic carbocycles. The van der Waals surface area contributed by atoms with Crippen molar-refractivity contribution in [3.8, 4) is 0 Å². The van der Waals surface area contributed by atoms with Gasteiger partial charge in [-0.2, -0.15) is 0 Å². The first-order chi connectivity index (χ1) is 7.58. The molecule has 16 heavy (non-hydrogen) atoms. The maximum atomic E-state index is 11.9. The monoisotopic (exact) mass is 291 g/mol. The lowest BCUT2D eigenvalue weighted by molar-refractivity contribution is 0.116. The molecule has 0 N–H and O–H groups in total. The average molecular weight is 292 g/mol. The van der Waals surface area contributed by atoms with E-state index in [9.17, 15) is 4.57 Å². The van der Waals surface area contributed by atoms with Crippen molar-refractivity contribution in [3.63, 3.8) is 0 Å². The van der Waals surface area contributed by atoms with Crippen LogP contribution in [0, 0.1) is 0 Å². The van der Waals surface area contributed by atoms with E-state index in [1.165, 1.54) is 0 Å². The number of phosphoric ester groups is 1. The number of alkyl halides is 1. The van der Waals surface area contributed by atoms with Crippen LogP contribution in [0.5, 0.6) is 0 Å². The lowest BCUT2D eigenvalue weighted by atomic mass is 10.5. The summed E-state index contributed by atoms with van der Waals surface area (Å²) in [5.41, 5.74) is 0. The molecular weight excluding hydrogens is 276 g/mol. The predicted octanol–water partition coefficient (Wildman–Crippen LogP) is 3.76. The molecule has 0 unspecified atom stereocenters. The first-order valence-corrected chi connectivity index (χ1v) is 7.31. The summed E-state index contributed by atoms with van der Waals surface area (Å²) in [6.07, 6.45) is 1.38. The summed E-state index contributed by atoms with van der Waals surface area (Å²) < 4.78 is 26.5. The van der Waals surface area contributed by atoms with E-state index >= 15 is 0 Å². The minimum atomic E-state index is -3.65. The second-order valence-electron chi connectivity index (χ2n) is 2.80. The molecule has 0 aromatic heterocycles. The molecule has 0 rings (SSSR count). The Hall–Kier alpha value is 0.200. The maximum absolute atomic E-state index is 11.9. The Morgan fingerprint density at radius 2 is 1.75 bits per heavy atom. The van der Waals surface area contributed by atoms with Crippen molar-refractivity contribution >= 4 is 36.2 Å². The van der Waals surface area contributed by atoms with Gasteiger partial charge in [-0.1, -0.05) is 30.6 Å². The van der Waals surface area contributed by atoms with Gasteiger partial charge in [0.15, 0.2) is 5.17 Å². The van der Waals surface area contributed by atoms with Crippen molar-refractivity contribution in [2.45, 2.75) is 26.7 Å². The summed E-state index contributed by atoms with van der Waals surface area (Å²) in [5.74, 6) is -0.0247. The quantitative estimate of drug-likeness (QED) is 0.281. The summed E-state index contributed by atoms with van der Waals surface area (Å²) in [5, 5.41) is 3.35. The molecule has 0 amide bonds. The molecule has 0 fully saturated rings. The van der Waals surface area contributed by atoms with Gasteiger partial charge in [-0.25, -0.2) is 4.57 Å². The summed E-state index contributed by atoms with van der Waals surface area (Å²) in [6, 6.07) is 0. The molecule has 0 saturated heterocycles. The van der Waals surface area contributed by atoms with Gasteiger partial charge in [0.2, 0.25) is 0 Å². The number of phosphoric acid groups is 1. The van der Waals surface area contributed by atoms with Gasteiger partial charge in [-0.3, -0.25) is 13.7 Å². The highest BCUT2D eigenvalue weighted by molar-refractivity contribution is 7.48. The predicted molar refractivity (Wildman–Crippen MR) is 65.2 cm³/mol. The number of hydrogen-bond donors (Lipinski definition) is 0. The Morgan fingerprint density at radius 3 is 2.12 bits per heavy atom. The summed E-state index contributed by atoms with van der Waals surface area (Å²) in [6.45, 7) is 4.27. The minimum Gasteiger partial charge on any atom is -0.291 e. The van der Waals surface area contributed by atoms with Gasteiger partial charge < -0.3 is 0 Å². The van der Waals surface area contributed by atoms with E-state index in [0.29, 0.717) is 12.8 Å². The van der Waals surface area contributed by atoms with E-state index in [-0.39, 0.29) is 24.3 Å². The highest BCUT2D eigenvalue weighted by Gasteiger charge is 2.28. The molecule has 0 aromatic rings. The van der Waals surface area contributed by atoms with Gasteiger partial charge in [0.25, 0.3) is 0 Å². The Morgan fingerprint density at radius 1 is 1.25 bits per heavy atom. The van der Waals surface area contributed by atoms with Crippen molar-refractivity contribution in [2.75, 3.05) is 19.1 Å². The number of rotatable bonds is 9. The summed E-state index contributed by atoms with van der Waals surface area (Å²) in [7, 11) is -3.65. The molecule has 0 heterocycles. The molecular formula is C8H16Cl2NO4P. The minimum absolute atomic E-state index is 0.0120. The lowest BCUT2D eigenvalue weighted by Gasteiger charge is -2.14. The van der Waals surface area contributed by atoms with E-state index in [4.69, 9.17) is 32.2 Å². The first-order valence-electron chi connectivity index (χ1n) is 4.94. The fraction of sp³-hybridized carbons (Fsp3) is 0.875. The Kier molecular flexibility index (Phi) is 9.37. The number of oxime groups is 1. The van der Waals surface area contributed by atoms with Crippen LogP contribution in [0.25, 0.3) is 0 Å². The molecule has 96 valence electrons. The van der Waals surface area contributed by atoms with Crippen LogP contribution in [-0.2, 0) is 18.2 Å². The van der Waals surface area contributed by atoms with E-state index in [0.717, 1.165) is 0 Å². The number of hydrogen-bond acceptors (Lipinski definition) is 5. The molecule has 0 aliphatic carbocycles. The van der Waals surface area contributed by atoms with Crippen molar-refractivity contribution < 1.29 is 18.2 Å². The second kappa shape index (κ2) is 9.25. The molecule has 0 atom stereocenters. The fourth-order valence-electron chi connectivity index (χ4n) is 0.609. The zero-order valence-corrected chi connectivity index (χ0v) is 11.7. The summed E-state index contributed by atoms with van der Waals surface area (Å²) in [4.78, 5) is 0. The molecule has 5 nitrogen and oxygen atoms in total. The van der Waals surface area contributed by atoms with E-state index in [1.54, 1.807) is 0 Å². The molecule has 0 aliphatic rings. The van der Waals surface area contributed by atoms with Crippen LogP contribution in [0.2, 0.25) is 0 Å². The van der Waals surface area contributed by atoms with Crippen molar-refractivity contribution in [2.24, 2.45) is 5.16 Å². The third kappa shape index (κ3) is 7.47. The zero-order chi connectivity index (χ0) is 12.4. The van der Waals surface area contributed by atoms with Crippen molar-refractivity contribution in [1.29, 1.82) is 0 Å². The topological polar surface area (TPSA) is 57.1 Å². The van der Waals surface area contributed by atoms with Gasteiger partial charge >= 0.3 is 7.82 Å². The highest BCUT2D eigenvalue weighted by Crippen LogP contribution is 2.50. The SMILES string of the molecule is CCCOP(=O)(OCCC)O/N=C(\Cl)CCl. The molecule has 0 saturated carbocycles. The van der Waals surface area contributed by atoms with E-state index in [1.807, 2.05) is 13.8 Å². The molecule has 0 radical (unpaired) electrons. The smallest absolute Gasteiger partial charge is 0.291 e. The Bertz CT molecular complexity index is 250. The van der Waals surface area contributed by atoms with Crippen LogP contribution in [0.1, 0.15) is 26.7 Å². The Labute approximate surface area is 106 Å². The Balaban J connectivity index is 4.34. The zero-order valence-electron chi connectivity index (χ0n) is 9.32. The third-order valence-electron chi connectivity index (χ3n) is 1.26. The van der Waals surface area contributed by atoms with Crippen LogP contribution in [0.15, 0.2) is 5.16 Å². The highest BCUT2D eigenvalue weighted by atomic mass is 35.5. The standard InChI is InChI=1S/C8H16Cl2NO4P/c1-3-5-13-16(12,14-6-4-2)15-11-8(10)7-9/h3-7H2,1-2H3/b11-8-. The molecule has 0 spiro atoms. The van der Waals surface area contributed by atoms with Crippen molar-refractivity contribution in [3.05, 3.63) is 0 Å². The maximum Gasteiger partial charge on any atom is 0.550 e. The average Bonchev–Trinajstić information content (AvgIpc) is 2.31. The lowest BCUT2D eigenvalue weighted by Crippen LogP contribution is -2.01. The second-order valence-corrected chi connectivity index (χ2v) is 5.07. The van der Waals surface area contributed by atoms with E-state index < -0.39 is 7.82 Å². The van der Waals surface area contributed by atoms with Gasteiger partial charge in [0.05, 0.1) is 19.1 Å². The molecule has 0 aliphatic heterocycles. The van der Waals surface area contributed by atoms with Crippen molar-refractivity contribution in [1.82, 2.24) is 0 Å². The molecule has 8 heteroatoms.